The lowest BCUT2D eigenvalue weighted by molar-refractivity contribution is -0.138. The lowest BCUT2D eigenvalue weighted by Gasteiger charge is -2.03. The molecule has 6 heteroatoms. The van der Waals surface area contributed by atoms with Crippen LogP contribution in [0.3, 0.4) is 0 Å². The first-order valence-corrected chi connectivity index (χ1v) is 6.84. The van der Waals surface area contributed by atoms with Crippen molar-refractivity contribution in [1.82, 2.24) is 0 Å². The molecular weight excluding hydrogens is 312 g/mol. The predicted octanol–water partition coefficient (Wildman–Crippen LogP) is 3.81. The van der Waals surface area contributed by atoms with Crippen molar-refractivity contribution in [2.24, 2.45) is 10.2 Å². The van der Waals surface area contributed by atoms with Gasteiger partial charge in [-0.05, 0) is 25.5 Å². The fourth-order valence-corrected chi connectivity index (χ4v) is 1.52. The van der Waals surface area contributed by atoms with Crippen molar-refractivity contribution in [2.45, 2.75) is 13.8 Å². The number of aryl methyl sites for hydroxylation is 1. The number of benzene rings is 1. The smallest absolute Gasteiger partial charge is 0.362 e. The number of azo groups is 1. The molecule has 1 N–H and O–H groups in total. The lowest BCUT2D eigenvalue weighted by Crippen LogP contribution is -2.09. The number of aliphatic hydroxyl groups excluding tert-OH is 1. The number of nitrogens with zero attached hydrogens (tertiary/aromatic N) is 2. The number of allylic oxidation sites excluding steroid dienone is 1. The van der Waals surface area contributed by atoms with E-state index in [1.165, 1.54) is 0 Å². The maximum absolute atomic E-state index is 11.6. The average Bonchev–Trinajstić information content (AvgIpc) is 2.41. The molecule has 0 radical (unpaired) electrons. The zero-order valence-corrected chi connectivity index (χ0v) is 12.3. The van der Waals surface area contributed by atoms with E-state index in [-0.39, 0.29) is 23.4 Å². The number of aliphatic hydroxyl groups is 1. The number of carbonyl (C=O) groups is 1. The van der Waals surface area contributed by atoms with Gasteiger partial charge in [0, 0.05) is 0 Å². The standard InChI is InChI=1S/C13H15BrN2O3/c1-3-19-13(18)12(11(17)8-14)16-15-10-7-5-4-6-9(10)2/h4-7,17H,3,8H2,1-2H3/b12-11-,16-15?. The summed E-state index contributed by atoms with van der Waals surface area (Å²) in [6, 6.07) is 7.35. The van der Waals surface area contributed by atoms with E-state index >= 15 is 0 Å². The Morgan fingerprint density at radius 1 is 1.42 bits per heavy atom. The van der Waals surface area contributed by atoms with Gasteiger partial charge in [0.2, 0.25) is 5.70 Å². The van der Waals surface area contributed by atoms with Crippen molar-refractivity contribution in [3.63, 3.8) is 0 Å². The van der Waals surface area contributed by atoms with Crippen LogP contribution in [0, 0.1) is 6.92 Å². The molecule has 19 heavy (non-hydrogen) atoms. The van der Waals surface area contributed by atoms with E-state index in [0.29, 0.717) is 5.69 Å². The second-order valence-corrected chi connectivity index (χ2v) is 4.20. The van der Waals surface area contributed by atoms with Crippen LogP contribution in [0.1, 0.15) is 12.5 Å². The van der Waals surface area contributed by atoms with Gasteiger partial charge in [0.15, 0.2) is 0 Å². The van der Waals surface area contributed by atoms with E-state index in [1.54, 1.807) is 13.0 Å². The number of ether oxygens (including phenoxy) is 1. The minimum atomic E-state index is -0.697. The molecule has 0 atom stereocenters. The fourth-order valence-electron chi connectivity index (χ4n) is 1.26. The zero-order chi connectivity index (χ0) is 14.3. The van der Waals surface area contributed by atoms with Crippen LogP contribution in [0.15, 0.2) is 46.0 Å². The van der Waals surface area contributed by atoms with Crippen molar-refractivity contribution >= 4 is 27.6 Å². The lowest BCUT2D eigenvalue weighted by atomic mass is 10.2. The number of carbonyl (C=O) groups excluding carboxylic acids is 1. The highest BCUT2D eigenvalue weighted by atomic mass is 79.9. The topological polar surface area (TPSA) is 71.2 Å². The molecule has 0 unspecified atom stereocenters. The fraction of sp³-hybridized carbons (Fsp3) is 0.308. The van der Waals surface area contributed by atoms with Gasteiger partial charge < -0.3 is 9.84 Å². The molecule has 0 fully saturated rings. The summed E-state index contributed by atoms with van der Waals surface area (Å²) < 4.78 is 4.81. The molecule has 1 aromatic carbocycles. The Labute approximate surface area is 120 Å². The third-order valence-corrected chi connectivity index (χ3v) is 2.77. The van der Waals surface area contributed by atoms with Crippen molar-refractivity contribution in [3.8, 4) is 0 Å². The van der Waals surface area contributed by atoms with Crippen LogP contribution in [0.4, 0.5) is 5.69 Å². The summed E-state index contributed by atoms with van der Waals surface area (Å²) in [6.07, 6.45) is 0. The molecule has 102 valence electrons. The maximum Gasteiger partial charge on any atom is 0.362 e. The molecule has 0 aliphatic heterocycles. The highest BCUT2D eigenvalue weighted by molar-refractivity contribution is 9.09. The molecule has 1 rings (SSSR count). The Kier molecular flexibility index (Phi) is 6.21. The summed E-state index contributed by atoms with van der Waals surface area (Å²) in [7, 11) is 0. The van der Waals surface area contributed by atoms with Gasteiger partial charge in [-0.25, -0.2) is 4.79 Å². The Hall–Kier alpha value is -1.69. The van der Waals surface area contributed by atoms with Crippen molar-refractivity contribution in [3.05, 3.63) is 41.3 Å². The summed E-state index contributed by atoms with van der Waals surface area (Å²) >= 11 is 3.06. The molecule has 0 aromatic heterocycles. The summed E-state index contributed by atoms with van der Waals surface area (Å²) in [4.78, 5) is 11.6. The van der Waals surface area contributed by atoms with Crippen LogP contribution in [-0.2, 0) is 9.53 Å². The minimum Gasteiger partial charge on any atom is -0.509 e. The van der Waals surface area contributed by atoms with Gasteiger partial charge in [0.1, 0.15) is 5.76 Å². The first kappa shape index (κ1) is 15.4. The first-order valence-electron chi connectivity index (χ1n) is 5.72. The molecule has 0 amide bonds. The molecule has 0 spiro atoms. The summed E-state index contributed by atoms with van der Waals surface area (Å²) in [6.45, 7) is 3.77. The molecule has 0 saturated carbocycles. The molecule has 0 aliphatic carbocycles. The van der Waals surface area contributed by atoms with E-state index in [4.69, 9.17) is 4.74 Å². The monoisotopic (exact) mass is 326 g/mol. The average molecular weight is 327 g/mol. The minimum absolute atomic E-state index is 0.105. The van der Waals surface area contributed by atoms with E-state index < -0.39 is 5.97 Å². The number of alkyl halides is 1. The van der Waals surface area contributed by atoms with Crippen LogP contribution in [0.5, 0.6) is 0 Å². The molecular formula is C13H15BrN2O3. The van der Waals surface area contributed by atoms with Crippen molar-refractivity contribution in [1.29, 1.82) is 0 Å². The van der Waals surface area contributed by atoms with Crippen LogP contribution < -0.4 is 0 Å². The largest absolute Gasteiger partial charge is 0.509 e. The number of hydrogen-bond donors (Lipinski definition) is 1. The molecule has 0 saturated heterocycles. The second kappa shape index (κ2) is 7.68. The second-order valence-electron chi connectivity index (χ2n) is 3.64. The van der Waals surface area contributed by atoms with Crippen LogP contribution in [0.2, 0.25) is 0 Å². The van der Waals surface area contributed by atoms with Gasteiger partial charge in [0.25, 0.3) is 0 Å². The molecule has 0 aliphatic rings. The number of hydrogen-bond acceptors (Lipinski definition) is 5. The number of esters is 1. The van der Waals surface area contributed by atoms with Gasteiger partial charge in [-0.15, -0.1) is 10.2 Å². The third-order valence-electron chi connectivity index (χ3n) is 2.24. The van der Waals surface area contributed by atoms with E-state index in [2.05, 4.69) is 26.2 Å². The summed E-state index contributed by atoms with van der Waals surface area (Å²) in [5, 5.41) is 17.5. The van der Waals surface area contributed by atoms with Crippen molar-refractivity contribution < 1.29 is 14.6 Å². The first-order chi connectivity index (χ1) is 9.10. The van der Waals surface area contributed by atoms with Crippen LogP contribution >= 0.6 is 15.9 Å². The maximum atomic E-state index is 11.6. The van der Waals surface area contributed by atoms with Gasteiger partial charge in [-0.1, -0.05) is 34.1 Å². The van der Waals surface area contributed by atoms with Gasteiger partial charge >= 0.3 is 5.97 Å². The van der Waals surface area contributed by atoms with Crippen LogP contribution in [-0.4, -0.2) is 23.0 Å². The quantitative estimate of drug-likeness (QED) is 0.294. The zero-order valence-electron chi connectivity index (χ0n) is 10.8. The summed E-state index contributed by atoms with van der Waals surface area (Å²) in [5.74, 6) is -0.910. The van der Waals surface area contributed by atoms with E-state index in [0.717, 1.165) is 5.56 Å². The predicted molar refractivity (Wildman–Crippen MR) is 75.8 cm³/mol. The number of rotatable bonds is 5. The highest BCUT2D eigenvalue weighted by Gasteiger charge is 2.15. The van der Waals surface area contributed by atoms with Gasteiger partial charge in [-0.2, -0.15) is 0 Å². The Balaban J connectivity index is 3.03. The van der Waals surface area contributed by atoms with E-state index in [1.807, 2.05) is 25.1 Å². The Morgan fingerprint density at radius 3 is 2.68 bits per heavy atom. The van der Waals surface area contributed by atoms with Crippen LogP contribution in [0.25, 0.3) is 0 Å². The van der Waals surface area contributed by atoms with E-state index in [9.17, 15) is 9.90 Å². The Morgan fingerprint density at radius 2 is 2.11 bits per heavy atom. The molecule has 1 aromatic rings. The molecule has 5 nitrogen and oxygen atoms in total. The third kappa shape index (κ3) is 4.48. The normalized spacial score (nSPS) is 12.4. The molecule has 0 bridgehead atoms. The Bertz CT molecular complexity index is 512. The van der Waals surface area contributed by atoms with Gasteiger partial charge in [-0.3, -0.25) is 0 Å². The van der Waals surface area contributed by atoms with Gasteiger partial charge in [0.05, 0.1) is 17.6 Å². The summed E-state index contributed by atoms with van der Waals surface area (Å²) in [5.41, 5.74) is 1.36. The SMILES string of the molecule is CCOC(=O)/C(N=Nc1ccccc1C)=C(/O)CBr. The highest BCUT2D eigenvalue weighted by Crippen LogP contribution is 2.20. The van der Waals surface area contributed by atoms with Crippen molar-refractivity contribution in [2.75, 3.05) is 11.9 Å². The molecule has 0 heterocycles. The number of halogens is 1.